The lowest BCUT2D eigenvalue weighted by atomic mass is 10.2. The van der Waals surface area contributed by atoms with E-state index in [9.17, 15) is 14.4 Å². The lowest BCUT2D eigenvalue weighted by molar-refractivity contribution is -0.140. The van der Waals surface area contributed by atoms with Gasteiger partial charge in [-0.25, -0.2) is 4.79 Å². The van der Waals surface area contributed by atoms with Crippen LogP contribution in [0.2, 0.25) is 0 Å². The van der Waals surface area contributed by atoms with Crippen molar-refractivity contribution in [2.45, 2.75) is 26.9 Å². The van der Waals surface area contributed by atoms with Crippen LogP contribution in [0.5, 0.6) is 0 Å². The molecule has 0 aliphatic carbocycles. The maximum atomic E-state index is 12.9. The zero-order valence-electron chi connectivity index (χ0n) is 17.7. The number of anilines is 2. The van der Waals surface area contributed by atoms with Gasteiger partial charge in [0.15, 0.2) is 0 Å². The first kappa shape index (κ1) is 23.3. The van der Waals surface area contributed by atoms with Crippen molar-refractivity contribution < 1.29 is 23.9 Å². The van der Waals surface area contributed by atoms with Crippen LogP contribution in [0.15, 0.2) is 96.8 Å². The van der Waals surface area contributed by atoms with E-state index in [-0.39, 0.29) is 11.7 Å². The Morgan fingerprint density at radius 1 is 0.871 bits per heavy atom. The van der Waals surface area contributed by atoms with Gasteiger partial charge in [0.05, 0.1) is 0 Å². The van der Waals surface area contributed by atoms with Gasteiger partial charge in [0, 0.05) is 30.5 Å². The quantitative estimate of drug-likeness (QED) is 0.264. The second-order valence-corrected chi connectivity index (χ2v) is 6.46. The Morgan fingerprint density at radius 2 is 1.42 bits per heavy atom. The fourth-order valence-corrected chi connectivity index (χ4v) is 2.62. The number of amides is 1. The van der Waals surface area contributed by atoms with Crippen molar-refractivity contribution in [3.8, 4) is 0 Å². The third-order valence-electron chi connectivity index (χ3n) is 3.99. The molecule has 0 aliphatic rings. The predicted octanol–water partition coefficient (Wildman–Crippen LogP) is 4.86. The molecular formula is C25H25NO5. The summed E-state index contributed by atoms with van der Waals surface area (Å²) < 4.78 is 10.1. The highest BCUT2D eigenvalue weighted by molar-refractivity contribution is 6.07. The summed E-state index contributed by atoms with van der Waals surface area (Å²) in [5.41, 5.74) is 1.44. The minimum Gasteiger partial charge on any atom is -0.455 e. The number of hydrogen-bond donors (Lipinski definition) is 0. The minimum atomic E-state index is -0.641. The van der Waals surface area contributed by atoms with Crippen LogP contribution in [0.1, 0.15) is 20.8 Å². The fourth-order valence-electron chi connectivity index (χ4n) is 2.62. The van der Waals surface area contributed by atoms with Gasteiger partial charge in [0.1, 0.15) is 11.9 Å². The van der Waals surface area contributed by atoms with Gasteiger partial charge in [-0.3, -0.25) is 14.5 Å². The summed E-state index contributed by atoms with van der Waals surface area (Å²) in [6.45, 7) is 4.59. The van der Waals surface area contributed by atoms with Crippen molar-refractivity contribution in [1.82, 2.24) is 0 Å². The van der Waals surface area contributed by atoms with Gasteiger partial charge in [-0.2, -0.15) is 0 Å². The van der Waals surface area contributed by atoms with E-state index in [1.54, 1.807) is 24.8 Å². The molecule has 0 spiro atoms. The first-order chi connectivity index (χ1) is 14.9. The van der Waals surface area contributed by atoms with Gasteiger partial charge in [-0.1, -0.05) is 36.4 Å². The third kappa shape index (κ3) is 7.78. The molecule has 160 valence electrons. The van der Waals surface area contributed by atoms with Crippen LogP contribution in [-0.2, 0) is 23.9 Å². The highest BCUT2D eigenvalue weighted by atomic mass is 16.5. The number of carbonyl (C=O) groups excluding carboxylic acids is 3. The lowest BCUT2D eigenvalue weighted by Crippen LogP contribution is -2.24. The summed E-state index contributed by atoms with van der Waals surface area (Å²) in [4.78, 5) is 37.5. The molecule has 2 aromatic rings. The first-order valence-electron chi connectivity index (χ1n) is 9.76. The Kier molecular flexibility index (Phi) is 8.98. The van der Waals surface area contributed by atoms with E-state index in [1.165, 1.54) is 25.2 Å². The van der Waals surface area contributed by atoms with E-state index in [0.29, 0.717) is 0 Å². The highest BCUT2D eigenvalue weighted by Crippen LogP contribution is 2.25. The molecule has 0 heterocycles. The van der Waals surface area contributed by atoms with E-state index >= 15 is 0 Å². The molecule has 0 bridgehead atoms. The molecule has 2 rings (SSSR count). The molecule has 0 saturated carbocycles. The molecule has 0 aliphatic heterocycles. The number of benzene rings is 2. The zero-order chi connectivity index (χ0) is 22.6. The minimum absolute atomic E-state index is 0.240. The molecule has 0 radical (unpaired) electrons. The fraction of sp³-hybridized carbons (Fsp3) is 0.160. The molecule has 2 aromatic carbocycles. The molecule has 0 N–H and O–H groups in total. The van der Waals surface area contributed by atoms with Crippen molar-refractivity contribution in [2.75, 3.05) is 4.90 Å². The molecule has 0 fully saturated rings. The lowest BCUT2D eigenvalue weighted by Gasteiger charge is -2.21. The molecule has 1 amide bonds. The van der Waals surface area contributed by atoms with E-state index in [1.807, 2.05) is 60.7 Å². The van der Waals surface area contributed by atoms with Crippen molar-refractivity contribution in [2.24, 2.45) is 0 Å². The number of rotatable bonds is 8. The number of allylic oxidation sites excluding steroid dienone is 2. The normalized spacial score (nSPS) is 12.5. The van der Waals surface area contributed by atoms with Crippen LogP contribution in [0, 0.1) is 0 Å². The predicted molar refractivity (Wildman–Crippen MR) is 119 cm³/mol. The number of ether oxygens (including phenoxy) is 2. The van der Waals surface area contributed by atoms with Crippen LogP contribution in [-0.4, -0.2) is 23.9 Å². The van der Waals surface area contributed by atoms with Gasteiger partial charge < -0.3 is 9.47 Å². The summed E-state index contributed by atoms with van der Waals surface area (Å²) in [7, 11) is 0. The number of carbonyl (C=O) groups is 3. The van der Waals surface area contributed by atoms with E-state index in [0.717, 1.165) is 17.5 Å². The Balaban J connectivity index is 2.06. The Hall–Kier alpha value is -3.93. The maximum absolute atomic E-state index is 12.9. The topological polar surface area (TPSA) is 72.9 Å². The van der Waals surface area contributed by atoms with E-state index < -0.39 is 18.0 Å². The SMILES string of the molecule is CC=C(/C=C/C(=O)O[C@H](C)C=CC(=O)N(c1ccccc1)c1ccccc1)OC(C)=O. The molecule has 6 nitrogen and oxygen atoms in total. The average Bonchev–Trinajstić information content (AvgIpc) is 2.76. The molecular weight excluding hydrogens is 394 g/mol. The molecule has 6 heteroatoms. The van der Waals surface area contributed by atoms with Gasteiger partial charge >= 0.3 is 11.9 Å². The third-order valence-corrected chi connectivity index (χ3v) is 3.99. The van der Waals surface area contributed by atoms with Crippen molar-refractivity contribution in [3.05, 3.63) is 96.8 Å². The Labute approximate surface area is 182 Å². The monoisotopic (exact) mass is 419 g/mol. The summed E-state index contributed by atoms with van der Waals surface area (Å²) in [6.07, 6.45) is 6.29. The summed E-state index contributed by atoms with van der Waals surface area (Å²) in [5.74, 6) is -1.15. The van der Waals surface area contributed by atoms with Crippen LogP contribution >= 0.6 is 0 Å². The highest BCUT2D eigenvalue weighted by Gasteiger charge is 2.15. The number of para-hydroxylation sites is 2. The van der Waals surface area contributed by atoms with Gasteiger partial charge in [-0.15, -0.1) is 0 Å². The van der Waals surface area contributed by atoms with Crippen LogP contribution < -0.4 is 4.90 Å². The van der Waals surface area contributed by atoms with E-state index in [4.69, 9.17) is 9.47 Å². The molecule has 0 saturated heterocycles. The molecule has 31 heavy (non-hydrogen) atoms. The standard InChI is InChI=1S/C25H25NO5/c1-4-23(31-20(3)27)16-18-25(29)30-19(2)15-17-24(28)26(21-11-7-5-8-12-21)22-13-9-6-10-14-22/h4-19H,1-3H3/b17-15?,18-16+,23-4?/t19-/m1/s1. The van der Waals surface area contributed by atoms with Crippen LogP contribution in [0.25, 0.3) is 0 Å². The number of nitrogens with zero attached hydrogens (tertiary/aromatic N) is 1. The molecule has 0 aromatic heterocycles. The second kappa shape index (κ2) is 11.9. The zero-order valence-corrected chi connectivity index (χ0v) is 17.7. The van der Waals surface area contributed by atoms with Gasteiger partial charge in [0.25, 0.3) is 5.91 Å². The smallest absolute Gasteiger partial charge is 0.331 e. The largest absolute Gasteiger partial charge is 0.455 e. The average molecular weight is 419 g/mol. The van der Waals surface area contributed by atoms with Crippen molar-refractivity contribution in [1.29, 1.82) is 0 Å². The maximum Gasteiger partial charge on any atom is 0.331 e. The molecule has 1 atom stereocenters. The van der Waals surface area contributed by atoms with Gasteiger partial charge in [0.2, 0.25) is 0 Å². The second-order valence-electron chi connectivity index (χ2n) is 6.46. The summed E-state index contributed by atoms with van der Waals surface area (Å²) in [6, 6.07) is 18.5. The summed E-state index contributed by atoms with van der Waals surface area (Å²) in [5, 5.41) is 0. The van der Waals surface area contributed by atoms with Gasteiger partial charge in [-0.05, 0) is 56.3 Å². The van der Waals surface area contributed by atoms with E-state index in [2.05, 4.69) is 0 Å². The Morgan fingerprint density at radius 3 is 1.90 bits per heavy atom. The van der Waals surface area contributed by atoms with Crippen molar-refractivity contribution in [3.63, 3.8) is 0 Å². The summed E-state index contributed by atoms with van der Waals surface area (Å²) >= 11 is 0. The van der Waals surface area contributed by atoms with Crippen molar-refractivity contribution >= 4 is 29.2 Å². The Bertz CT molecular complexity index is 938. The first-order valence-corrected chi connectivity index (χ1v) is 9.76. The number of esters is 2. The van der Waals surface area contributed by atoms with Crippen LogP contribution in [0.4, 0.5) is 11.4 Å². The molecule has 0 unspecified atom stereocenters. The van der Waals surface area contributed by atoms with Crippen LogP contribution in [0.3, 0.4) is 0 Å². The number of hydrogen-bond acceptors (Lipinski definition) is 5.